The van der Waals surface area contributed by atoms with Crippen LogP contribution in [0.15, 0.2) is 42.0 Å². The first-order chi connectivity index (χ1) is 8.84. The molecule has 2 rings (SSSR count). The number of hydrogen-bond acceptors (Lipinski definition) is 2. The van der Waals surface area contributed by atoms with Gasteiger partial charge in [0, 0.05) is 5.69 Å². The highest BCUT2D eigenvalue weighted by atomic mass is 16.1. The molecule has 2 N–H and O–H groups in total. The number of hydrogen-bond donors (Lipinski definition) is 2. The highest BCUT2D eigenvalue weighted by molar-refractivity contribution is 5.92. The standard InChI is InChI=1S/C15H20N2O/c18-15(17-14-8-2-1-3-9-14)12-16-11-10-13-6-4-5-7-13/h1-3,6,8-9,16H,4-5,7,10-12H2,(H,17,18). The topological polar surface area (TPSA) is 41.1 Å². The molecule has 3 nitrogen and oxygen atoms in total. The number of amides is 1. The van der Waals surface area contributed by atoms with Crippen molar-refractivity contribution in [3.63, 3.8) is 0 Å². The van der Waals surface area contributed by atoms with Crippen molar-refractivity contribution in [1.29, 1.82) is 0 Å². The second-order valence-corrected chi connectivity index (χ2v) is 4.60. The summed E-state index contributed by atoms with van der Waals surface area (Å²) in [6.45, 7) is 1.26. The fraction of sp³-hybridized carbons (Fsp3) is 0.400. The highest BCUT2D eigenvalue weighted by Crippen LogP contribution is 2.19. The van der Waals surface area contributed by atoms with Gasteiger partial charge in [-0.1, -0.05) is 29.8 Å². The summed E-state index contributed by atoms with van der Waals surface area (Å²) in [6.07, 6.45) is 7.15. The summed E-state index contributed by atoms with van der Waals surface area (Å²) in [6, 6.07) is 9.54. The van der Waals surface area contributed by atoms with E-state index in [-0.39, 0.29) is 5.91 Å². The van der Waals surface area contributed by atoms with Crippen LogP contribution in [0.5, 0.6) is 0 Å². The summed E-state index contributed by atoms with van der Waals surface area (Å²) in [5, 5.41) is 6.03. The average molecular weight is 244 g/mol. The lowest BCUT2D eigenvalue weighted by Crippen LogP contribution is -2.28. The Hall–Kier alpha value is -1.61. The van der Waals surface area contributed by atoms with Crippen LogP contribution in [0.1, 0.15) is 25.7 Å². The molecule has 0 spiro atoms. The van der Waals surface area contributed by atoms with E-state index in [1.807, 2.05) is 30.3 Å². The van der Waals surface area contributed by atoms with E-state index >= 15 is 0 Å². The normalized spacial score (nSPS) is 14.3. The molecule has 1 amide bonds. The fourth-order valence-electron chi connectivity index (χ4n) is 2.14. The molecule has 0 saturated carbocycles. The van der Waals surface area contributed by atoms with Crippen LogP contribution < -0.4 is 10.6 Å². The molecular formula is C15H20N2O. The maximum atomic E-state index is 11.6. The minimum absolute atomic E-state index is 0.0154. The van der Waals surface area contributed by atoms with Crippen LogP contribution in [0, 0.1) is 0 Å². The number of anilines is 1. The average Bonchev–Trinajstić information content (AvgIpc) is 2.89. The van der Waals surface area contributed by atoms with Crippen LogP contribution in [0.4, 0.5) is 5.69 Å². The molecule has 1 aliphatic rings. The number of carbonyl (C=O) groups excluding carboxylic acids is 1. The third kappa shape index (κ3) is 4.34. The number of para-hydroxylation sites is 1. The minimum atomic E-state index is 0.0154. The molecule has 96 valence electrons. The highest BCUT2D eigenvalue weighted by Gasteiger charge is 2.05. The summed E-state index contributed by atoms with van der Waals surface area (Å²) in [4.78, 5) is 11.6. The second-order valence-electron chi connectivity index (χ2n) is 4.60. The van der Waals surface area contributed by atoms with Gasteiger partial charge in [-0.2, -0.15) is 0 Å². The molecule has 0 unspecified atom stereocenters. The van der Waals surface area contributed by atoms with Gasteiger partial charge in [0.2, 0.25) is 5.91 Å². The largest absolute Gasteiger partial charge is 0.325 e. The Kier molecular flexibility index (Phi) is 4.97. The van der Waals surface area contributed by atoms with Gasteiger partial charge in [0.25, 0.3) is 0 Å². The molecule has 0 bridgehead atoms. The van der Waals surface area contributed by atoms with Crippen LogP contribution in [0.2, 0.25) is 0 Å². The Bertz CT molecular complexity index is 412. The lowest BCUT2D eigenvalue weighted by molar-refractivity contribution is -0.115. The van der Waals surface area contributed by atoms with E-state index in [9.17, 15) is 4.79 Å². The van der Waals surface area contributed by atoms with Crippen molar-refractivity contribution in [2.75, 3.05) is 18.4 Å². The molecule has 0 aromatic heterocycles. The van der Waals surface area contributed by atoms with Gasteiger partial charge in [0.05, 0.1) is 6.54 Å². The Morgan fingerprint density at radius 2 is 2.06 bits per heavy atom. The third-order valence-corrected chi connectivity index (χ3v) is 3.10. The predicted molar refractivity (Wildman–Crippen MR) is 74.5 cm³/mol. The molecule has 0 saturated heterocycles. The van der Waals surface area contributed by atoms with E-state index < -0.39 is 0 Å². The van der Waals surface area contributed by atoms with E-state index in [0.29, 0.717) is 6.54 Å². The first-order valence-electron chi connectivity index (χ1n) is 6.58. The Balaban J connectivity index is 1.60. The maximum absolute atomic E-state index is 11.6. The van der Waals surface area contributed by atoms with Crippen molar-refractivity contribution >= 4 is 11.6 Å². The SMILES string of the molecule is O=C(CNCCC1=CCCC1)Nc1ccccc1. The summed E-state index contributed by atoms with van der Waals surface area (Å²) in [5.74, 6) is 0.0154. The molecule has 0 atom stereocenters. The number of rotatable bonds is 6. The van der Waals surface area contributed by atoms with Gasteiger partial charge in [-0.05, 0) is 44.4 Å². The summed E-state index contributed by atoms with van der Waals surface area (Å²) >= 11 is 0. The van der Waals surface area contributed by atoms with Gasteiger partial charge in [-0.25, -0.2) is 0 Å². The second kappa shape index (κ2) is 6.97. The fourth-order valence-corrected chi connectivity index (χ4v) is 2.14. The van der Waals surface area contributed by atoms with E-state index in [1.54, 1.807) is 0 Å². The molecule has 18 heavy (non-hydrogen) atoms. The number of carbonyl (C=O) groups is 1. The van der Waals surface area contributed by atoms with Crippen LogP contribution in [-0.4, -0.2) is 19.0 Å². The molecular weight excluding hydrogens is 224 g/mol. The lowest BCUT2D eigenvalue weighted by atomic mass is 10.2. The maximum Gasteiger partial charge on any atom is 0.238 e. The van der Waals surface area contributed by atoms with Gasteiger partial charge in [0.15, 0.2) is 0 Å². The monoisotopic (exact) mass is 244 g/mol. The molecule has 3 heteroatoms. The van der Waals surface area contributed by atoms with Crippen molar-refractivity contribution in [2.45, 2.75) is 25.7 Å². The van der Waals surface area contributed by atoms with Crippen LogP contribution in [0.3, 0.4) is 0 Å². The van der Waals surface area contributed by atoms with E-state index in [1.165, 1.54) is 24.8 Å². The molecule has 1 aromatic carbocycles. The van der Waals surface area contributed by atoms with E-state index in [0.717, 1.165) is 18.7 Å². The number of allylic oxidation sites excluding steroid dienone is 1. The first-order valence-corrected chi connectivity index (χ1v) is 6.58. The van der Waals surface area contributed by atoms with Gasteiger partial charge in [-0.15, -0.1) is 0 Å². The van der Waals surface area contributed by atoms with Gasteiger partial charge in [0.1, 0.15) is 0 Å². The van der Waals surface area contributed by atoms with Crippen LogP contribution in [-0.2, 0) is 4.79 Å². The van der Waals surface area contributed by atoms with Gasteiger partial charge < -0.3 is 10.6 Å². The lowest BCUT2D eigenvalue weighted by Gasteiger charge is -2.07. The Morgan fingerprint density at radius 3 is 2.78 bits per heavy atom. The molecule has 1 aliphatic carbocycles. The Morgan fingerprint density at radius 1 is 1.22 bits per heavy atom. The van der Waals surface area contributed by atoms with Crippen molar-refractivity contribution in [2.24, 2.45) is 0 Å². The van der Waals surface area contributed by atoms with Gasteiger partial charge in [-0.3, -0.25) is 4.79 Å². The minimum Gasteiger partial charge on any atom is -0.325 e. The summed E-state index contributed by atoms with van der Waals surface area (Å²) in [5.41, 5.74) is 2.38. The Labute approximate surface area is 108 Å². The van der Waals surface area contributed by atoms with Crippen molar-refractivity contribution in [3.05, 3.63) is 42.0 Å². The predicted octanol–water partition coefficient (Wildman–Crippen LogP) is 2.72. The van der Waals surface area contributed by atoms with E-state index in [2.05, 4.69) is 16.7 Å². The summed E-state index contributed by atoms with van der Waals surface area (Å²) in [7, 11) is 0. The first kappa shape index (κ1) is 12.8. The molecule has 0 heterocycles. The van der Waals surface area contributed by atoms with Crippen molar-refractivity contribution < 1.29 is 4.79 Å². The zero-order valence-electron chi connectivity index (χ0n) is 10.6. The van der Waals surface area contributed by atoms with Crippen LogP contribution in [0.25, 0.3) is 0 Å². The molecule has 0 aliphatic heterocycles. The summed E-state index contributed by atoms with van der Waals surface area (Å²) < 4.78 is 0. The third-order valence-electron chi connectivity index (χ3n) is 3.10. The number of nitrogens with one attached hydrogen (secondary N) is 2. The smallest absolute Gasteiger partial charge is 0.238 e. The zero-order chi connectivity index (χ0) is 12.6. The van der Waals surface area contributed by atoms with Crippen molar-refractivity contribution in [1.82, 2.24) is 5.32 Å². The van der Waals surface area contributed by atoms with E-state index in [4.69, 9.17) is 0 Å². The quantitative estimate of drug-likeness (QED) is 0.596. The zero-order valence-corrected chi connectivity index (χ0v) is 10.6. The molecule has 1 aromatic rings. The van der Waals surface area contributed by atoms with Crippen LogP contribution >= 0.6 is 0 Å². The number of benzene rings is 1. The molecule has 0 radical (unpaired) electrons. The van der Waals surface area contributed by atoms with Gasteiger partial charge >= 0.3 is 0 Å². The van der Waals surface area contributed by atoms with Crippen molar-refractivity contribution in [3.8, 4) is 0 Å². The molecule has 0 fully saturated rings.